The highest BCUT2D eigenvalue weighted by molar-refractivity contribution is 6.00. The summed E-state index contributed by atoms with van der Waals surface area (Å²) in [5.74, 6) is 0.376. The molecule has 0 fully saturated rings. The van der Waals surface area contributed by atoms with Gasteiger partial charge >= 0.3 is 0 Å². The molecule has 3 heteroatoms. The van der Waals surface area contributed by atoms with E-state index in [-0.39, 0.29) is 0 Å². The zero-order valence-electron chi connectivity index (χ0n) is 35.8. The van der Waals surface area contributed by atoms with E-state index in [4.69, 9.17) is 15.0 Å². The minimum absolute atomic E-state index is 0.376. The molecule has 6 aromatic carbocycles. The van der Waals surface area contributed by atoms with Gasteiger partial charge in [-0.05, 0) is 124 Å². The van der Waals surface area contributed by atoms with Gasteiger partial charge in [0.05, 0.1) is 17.1 Å². The minimum atomic E-state index is 0.376. The summed E-state index contributed by atoms with van der Waals surface area (Å²) in [6.45, 7) is 6.70. The maximum atomic E-state index is 5.01. The molecule has 3 heterocycles. The van der Waals surface area contributed by atoms with Gasteiger partial charge in [0.2, 0.25) is 0 Å². The second-order valence-corrected chi connectivity index (χ2v) is 16.6. The van der Waals surface area contributed by atoms with E-state index in [1.165, 1.54) is 27.8 Å². The second kappa shape index (κ2) is 17.3. The van der Waals surface area contributed by atoms with Gasteiger partial charge in [-0.2, -0.15) is 0 Å². The highest BCUT2D eigenvalue weighted by atomic mass is 14.7. The lowest BCUT2D eigenvalue weighted by Gasteiger charge is -2.23. The number of hydrogen-bond acceptors (Lipinski definition) is 3. The molecule has 1 aliphatic rings. The van der Waals surface area contributed by atoms with Gasteiger partial charge in [0.25, 0.3) is 0 Å². The SMILES string of the molecule is Cc1cc(-c2ccccc2)ncc1-c1ccccc1-c1cc(C2=C(c3ccc(-c4ccccc4)nc3)C=CC(C)C2)cc(-c2ccccc2-c2cnc(-c3ccccc3)cc2C)c1. The molecule has 0 bridgehead atoms. The predicted octanol–water partition coefficient (Wildman–Crippen LogP) is 15.7. The Kier molecular flexibility index (Phi) is 10.8. The molecule has 3 aromatic heterocycles. The maximum Gasteiger partial charge on any atom is 0.0705 e. The van der Waals surface area contributed by atoms with Crippen molar-refractivity contribution in [1.29, 1.82) is 0 Å². The first-order valence-corrected chi connectivity index (χ1v) is 21.8. The second-order valence-electron chi connectivity index (χ2n) is 16.6. The van der Waals surface area contributed by atoms with Gasteiger partial charge in [0, 0.05) is 52.0 Å². The summed E-state index contributed by atoms with van der Waals surface area (Å²) in [4.78, 5) is 15.0. The van der Waals surface area contributed by atoms with Gasteiger partial charge in [-0.25, -0.2) is 0 Å². The molecule has 302 valence electrons. The van der Waals surface area contributed by atoms with Gasteiger partial charge in [-0.15, -0.1) is 0 Å². The van der Waals surface area contributed by atoms with Crippen molar-refractivity contribution in [1.82, 2.24) is 15.0 Å². The average molecular weight is 810 g/mol. The summed E-state index contributed by atoms with van der Waals surface area (Å²) >= 11 is 0. The van der Waals surface area contributed by atoms with Crippen LogP contribution in [0.25, 0.3) is 89.4 Å². The van der Waals surface area contributed by atoms with Crippen LogP contribution < -0.4 is 0 Å². The van der Waals surface area contributed by atoms with Crippen LogP contribution in [0.2, 0.25) is 0 Å². The monoisotopic (exact) mass is 809 g/mol. The summed E-state index contributed by atoms with van der Waals surface area (Å²) in [6, 6.07) is 64.8. The Morgan fingerprint density at radius 2 is 0.794 bits per heavy atom. The van der Waals surface area contributed by atoms with Crippen LogP contribution in [0.4, 0.5) is 0 Å². The molecule has 0 radical (unpaired) electrons. The Morgan fingerprint density at radius 1 is 0.365 bits per heavy atom. The molecule has 3 nitrogen and oxygen atoms in total. The van der Waals surface area contributed by atoms with Crippen molar-refractivity contribution in [2.75, 3.05) is 0 Å². The predicted molar refractivity (Wildman–Crippen MR) is 264 cm³/mol. The molecule has 1 unspecified atom stereocenters. The quantitative estimate of drug-likeness (QED) is 0.146. The third kappa shape index (κ3) is 8.10. The van der Waals surface area contributed by atoms with Crippen molar-refractivity contribution in [3.63, 3.8) is 0 Å². The molecule has 0 saturated heterocycles. The van der Waals surface area contributed by atoms with Crippen LogP contribution in [0.1, 0.15) is 35.6 Å². The van der Waals surface area contributed by atoms with E-state index in [1.807, 2.05) is 36.8 Å². The molecule has 0 saturated carbocycles. The fourth-order valence-corrected chi connectivity index (χ4v) is 9.00. The molecular formula is C60H47N3. The molecule has 9 aromatic rings. The summed E-state index contributed by atoms with van der Waals surface area (Å²) < 4.78 is 0. The standard InChI is InChI=1S/C60H47N3/c1-40-27-29-52(46-28-30-58(61-37-46)43-17-7-4-8-18-43)55(31-40)49-35-47(50-23-13-15-25-53(50)56-38-62-59(32-41(56)2)44-19-9-5-10-20-44)34-48(36-49)51-24-14-16-26-54(51)57-39-63-60(33-42(57)3)45-21-11-6-12-22-45/h4-30,32-40H,31H2,1-3H3. The van der Waals surface area contributed by atoms with E-state index in [9.17, 15) is 0 Å². The number of aromatic nitrogens is 3. The van der Waals surface area contributed by atoms with Crippen molar-refractivity contribution in [3.8, 4) is 78.3 Å². The van der Waals surface area contributed by atoms with Crippen molar-refractivity contribution >= 4 is 11.1 Å². The first-order valence-electron chi connectivity index (χ1n) is 21.8. The van der Waals surface area contributed by atoms with Gasteiger partial charge in [0.1, 0.15) is 0 Å². The van der Waals surface area contributed by atoms with E-state index in [2.05, 4.69) is 197 Å². The summed E-state index contributed by atoms with van der Waals surface area (Å²) in [7, 11) is 0. The van der Waals surface area contributed by atoms with E-state index >= 15 is 0 Å². The van der Waals surface area contributed by atoms with Crippen molar-refractivity contribution in [2.45, 2.75) is 27.2 Å². The van der Waals surface area contributed by atoms with Crippen molar-refractivity contribution < 1.29 is 0 Å². The van der Waals surface area contributed by atoms with Gasteiger partial charge in [-0.1, -0.05) is 165 Å². The Balaban J connectivity index is 1.15. The highest BCUT2D eigenvalue weighted by Crippen LogP contribution is 2.44. The van der Waals surface area contributed by atoms with Crippen molar-refractivity contribution in [2.24, 2.45) is 5.92 Å². The van der Waals surface area contributed by atoms with Crippen LogP contribution in [-0.4, -0.2) is 15.0 Å². The summed E-state index contributed by atoms with van der Waals surface area (Å²) in [5.41, 5.74) is 22.6. The normalized spacial score (nSPS) is 13.6. The van der Waals surface area contributed by atoms with Crippen LogP contribution in [0.3, 0.4) is 0 Å². The van der Waals surface area contributed by atoms with Crippen LogP contribution in [0, 0.1) is 19.8 Å². The molecule has 0 N–H and O–H groups in total. The van der Waals surface area contributed by atoms with Gasteiger partial charge in [-0.3, -0.25) is 15.0 Å². The summed E-state index contributed by atoms with van der Waals surface area (Å²) in [6.07, 6.45) is 11.7. The van der Waals surface area contributed by atoms with E-state index < -0.39 is 0 Å². The fourth-order valence-electron chi connectivity index (χ4n) is 9.00. The Labute approximate surface area is 370 Å². The lowest BCUT2D eigenvalue weighted by molar-refractivity contribution is 0.751. The Morgan fingerprint density at radius 3 is 1.25 bits per heavy atom. The van der Waals surface area contributed by atoms with Crippen LogP contribution in [0.5, 0.6) is 0 Å². The number of nitrogens with zero attached hydrogens (tertiary/aromatic N) is 3. The zero-order chi connectivity index (χ0) is 42.7. The third-order valence-corrected chi connectivity index (χ3v) is 12.3. The Hall–Kier alpha value is -7.75. The topological polar surface area (TPSA) is 38.7 Å². The average Bonchev–Trinajstić information content (AvgIpc) is 3.35. The largest absolute Gasteiger partial charge is 0.256 e. The molecular weight excluding hydrogens is 763 g/mol. The number of benzene rings is 6. The van der Waals surface area contributed by atoms with Crippen molar-refractivity contribution in [3.05, 3.63) is 235 Å². The van der Waals surface area contributed by atoms with E-state index in [0.717, 1.165) is 90.3 Å². The van der Waals surface area contributed by atoms with E-state index in [1.54, 1.807) is 0 Å². The lowest BCUT2D eigenvalue weighted by Crippen LogP contribution is -2.03. The summed E-state index contributed by atoms with van der Waals surface area (Å²) in [5, 5.41) is 0. The van der Waals surface area contributed by atoms with Crippen LogP contribution in [0.15, 0.2) is 213 Å². The number of aryl methyl sites for hydroxylation is 2. The molecule has 63 heavy (non-hydrogen) atoms. The molecule has 1 atom stereocenters. The lowest BCUT2D eigenvalue weighted by atomic mass is 9.81. The first kappa shape index (κ1) is 39.4. The highest BCUT2D eigenvalue weighted by Gasteiger charge is 2.21. The smallest absolute Gasteiger partial charge is 0.0705 e. The van der Waals surface area contributed by atoms with Crippen LogP contribution in [-0.2, 0) is 0 Å². The zero-order valence-corrected chi connectivity index (χ0v) is 35.8. The number of rotatable bonds is 9. The minimum Gasteiger partial charge on any atom is -0.256 e. The maximum absolute atomic E-state index is 5.01. The molecule has 10 rings (SSSR count). The number of allylic oxidation sites excluding steroid dienone is 4. The molecule has 0 amide bonds. The Bertz CT molecular complexity index is 3000. The first-order chi connectivity index (χ1) is 31.0. The molecule has 0 spiro atoms. The number of pyridine rings is 3. The fraction of sp³-hybridized carbons (Fsp3) is 0.0833. The number of hydrogen-bond donors (Lipinski definition) is 0. The third-order valence-electron chi connectivity index (χ3n) is 12.3. The molecule has 1 aliphatic carbocycles. The van der Waals surface area contributed by atoms with E-state index in [0.29, 0.717) is 5.92 Å². The van der Waals surface area contributed by atoms with Gasteiger partial charge < -0.3 is 0 Å². The van der Waals surface area contributed by atoms with Gasteiger partial charge in [0.15, 0.2) is 0 Å². The molecule has 0 aliphatic heterocycles. The van der Waals surface area contributed by atoms with Crippen LogP contribution >= 0.6 is 0 Å².